The highest BCUT2D eigenvalue weighted by molar-refractivity contribution is 6.08. The van der Waals surface area contributed by atoms with Crippen LogP contribution in [0.2, 0.25) is 0 Å². The molecule has 0 spiro atoms. The zero-order valence-electron chi connectivity index (χ0n) is 18.0. The predicted octanol–water partition coefficient (Wildman–Crippen LogP) is 3.81. The first kappa shape index (κ1) is 21.6. The minimum absolute atomic E-state index is 0.0733. The van der Waals surface area contributed by atoms with Crippen molar-refractivity contribution in [3.8, 4) is 0 Å². The monoisotopic (exact) mass is 407 g/mol. The van der Waals surface area contributed by atoms with E-state index in [1.807, 2.05) is 37.3 Å². The Hall–Kier alpha value is -3.15. The lowest BCUT2D eigenvalue weighted by molar-refractivity contribution is -0.139. The zero-order valence-corrected chi connectivity index (χ0v) is 18.0. The van der Waals surface area contributed by atoms with Gasteiger partial charge in [-0.2, -0.15) is 5.01 Å². The maximum atomic E-state index is 13.0. The van der Waals surface area contributed by atoms with Crippen molar-refractivity contribution >= 4 is 17.8 Å². The molecule has 0 radical (unpaired) electrons. The Morgan fingerprint density at radius 3 is 2.23 bits per heavy atom. The highest BCUT2D eigenvalue weighted by atomic mass is 16.2. The lowest BCUT2D eigenvalue weighted by Crippen LogP contribution is -2.48. The Labute approximate surface area is 177 Å². The Balaban J connectivity index is 1.64. The minimum atomic E-state index is -1.16. The summed E-state index contributed by atoms with van der Waals surface area (Å²) in [5, 5.41) is 3.56. The summed E-state index contributed by atoms with van der Waals surface area (Å²) >= 11 is 0. The number of carbonyl (C=O) groups excluding carboxylic acids is 3. The number of aryl methyl sites for hydroxylation is 1. The molecule has 1 saturated heterocycles. The number of nitrogens with one attached hydrogen (secondary N) is 2. The third kappa shape index (κ3) is 4.22. The number of amides is 4. The van der Waals surface area contributed by atoms with E-state index in [4.69, 9.17) is 0 Å². The molecule has 0 unspecified atom stereocenters. The number of carbonyl (C=O) groups is 3. The van der Waals surface area contributed by atoms with Gasteiger partial charge in [0.2, 0.25) is 5.91 Å². The van der Waals surface area contributed by atoms with Gasteiger partial charge in [-0.3, -0.25) is 15.0 Å². The number of hydrogen-bond donors (Lipinski definition) is 2. The maximum Gasteiger partial charge on any atom is 0.344 e. The van der Waals surface area contributed by atoms with Crippen LogP contribution in [-0.2, 0) is 27.0 Å². The molecule has 6 nitrogen and oxygen atoms in total. The van der Waals surface area contributed by atoms with Crippen LogP contribution in [-0.4, -0.2) is 22.9 Å². The number of imide groups is 1. The second kappa shape index (κ2) is 8.30. The van der Waals surface area contributed by atoms with Crippen LogP contribution < -0.4 is 10.7 Å². The molecule has 0 aromatic heterocycles. The van der Waals surface area contributed by atoms with Crippen molar-refractivity contribution in [1.82, 2.24) is 15.8 Å². The summed E-state index contributed by atoms with van der Waals surface area (Å²) in [7, 11) is 0. The van der Waals surface area contributed by atoms with Crippen molar-refractivity contribution in [3.05, 3.63) is 71.3 Å². The fraction of sp³-hybridized carbons (Fsp3) is 0.375. The zero-order chi connectivity index (χ0) is 21.9. The Morgan fingerprint density at radius 1 is 1.03 bits per heavy atom. The molecule has 1 heterocycles. The summed E-state index contributed by atoms with van der Waals surface area (Å²) in [6, 6.07) is 16.6. The van der Waals surface area contributed by atoms with E-state index in [1.54, 1.807) is 12.1 Å². The molecule has 3 rings (SSSR count). The van der Waals surface area contributed by atoms with E-state index in [0.717, 1.165) is 10.6 Å². The van der Waals surface area contributed by atoms with Crippen molar-refractivity contribution in [2.24, 2.45) is 0 Å². The second-order valence-electron chi connectivity index (χ2n) is 8.68. The smallest absolute Gasteiger partial charge is 0.318 e. The molecule has 2 aromatic carbocycles. The molecular formula is C24H29N3O3. The van der Waals surface area contributed by atoms with Crippen LogP contribution in [0.3, 0.4) is 0 Å². The molecule has 0 bridgehead atoms. The topological polar surface area (TPSA) is 78.5 Å². The molecule has 0 aliphatic carbocycles. The van der Waals surface area contributed by atoms with Crippen molar-refractivity contribution in [3.63, 3.8) is 0 Å². The van der Waals surface area contributed by atoms with Gasteiger partial charge in [0.25, 0.3) is 5.91 Å². The van der Waals surface area contributed by atoms with Crippen LogP contribution in [0.15, 0.2) is 54.6 Å². The quantitative estimate of drug-likeness (QED) is 0.715. The summed E-state index contributed by atoms with van der Waals surface area (Å²) in [4.78, 5) is 37.9. The van der Waals surface area contributed by atoms with Gasteiger partial charge in [-0.05, 0) is 34.9 Å². The van der Waals surface area contributed by atoms with Gasteiger partial charge in [0.1, 0.15) is 5.54 Å². The lowest BCUT2D eigenvalue weighted by atomic mass is 9.86. The van der Waals surface area contributed by atoms with Gasteiger partial charge in [0.05, 0.1) is 0 Å². The van der Waals surface area contributed by atoms with E-state index in [9.17, 15) is 14.4 Å². The van der Waals surface area contributed by atoms with Crippen molar-refractivity contribution in [2.75, 3.05) is 0 Å². The van der Waals surface area contributed by atoms with Gasteiger partial charge in [0.15, 0.2) is 0 Å². The third-order valence-electron chi connectivity index (χ3n) is 5.59. The Morgan fingerprint density at radius 2 is 1.67 bits per heavy atom. The van der Waals surface area contributed by atoms with Crippen molar-refractivity contribution in [2.45, 2.75) is 57.9 Å². The van der Waals surface area contributed by atoms with Crippen LogP contribution in [0.1, 0.15) is 57.2 Å². The number of hydrogen-bond acceptors (Lipinski definition) is 3. The van der Waals surface area contributed by atoms with Gasteiger partial charge in [0, 0.05) is 6.42 Å². The maximum absolute atomic E-state index is 13.0. The number of nitrogens with zero attached hydrogens (tertiary/aromatic N) is 1. The second-order valence-corrected chi connectivity index (χ2v) is 8.68. The molecule has 158 valence electrons. The SMILES string of the molecule is CC[C@]1(c2ccccc2)NC(=O)N(NC(=O)CCc2ccc(C(C)(C)C)cc2)C1=O. The Kier molecular flexibility index (Phi) is 5.97. The van der Waals surface area contributed by atoms with Gasteiger partial charge in [-0.1, -0.05) is 82.3 Å². The van der Waals surface area contributed by atoms with E-state index >= 15 is 0 Å². The van der Waals surface area contributed by atoms with Gasteiger partial charge >= 0.3 is 6.03 Å². The highest BCUT2D eigenvalue weighted by Crippen LogP contribution is 2.31. The molecule has 1 aliphatic rings. The number of rotatable bonds is 6. The first-order valence-corrected chi connectivity index (χ1v) is 10.3. The van der Waals surface area contributed by atoms with E-state index in [0.29, 0.717) is 18.4 Å². The third-order valence-corrected chi connectivity index (χ3v) is 5.59. The van der Waals surface area contributed by atoms with Crippen LogP contribution in [0, 0.1) is 0 Å². The lowest BCUT2D eigenvalue weighted by Gasteiger charge is -2.25. The molecule has 2 aromatic rings. The number of hydrazine groups is 1. The van der Waals surface area contributed by atoms with Crippen LogP contribution in [0.25, 0.3) is 0 Å². The van der Waals surface area contributed by atoms with E-state index in [1.165, 1.54) is 5.56 Å². The van der Waals surface area contributed by atoms with Crippen LogP contribution in [0.5, 0.6) is 0 Å². The molecule has 1 aliphatic heterocycles. The molecule has 1 atom stereocenters. The largest absolute Gasteiger partial charge is 0.344 e. The average Bonchev–Trinajstić information content (AvgIpc) is 2.97. The molecule has 4 amide bonds. The molecule has 1 fully saturated rings. The van der Waals surface area contributed by atoms with Crippen LogP contribution >= 0.6 is 0 Å². The van der Waals surface area contributed by atoms with Crippen molar-refractivity contribution < 1.29 is 14.4 Å². The normalized spacial score (nSPS) is 19.0. The summed E-state index contributed by atoms with van der Waals surface area (Å²) in [6.07, 6.45) is 1.09. The Bertz CT molecular complexity index is 932. The number of benzene rings is 2. The summed E-state index contributed by atoms with van der Waals surface area (Å²) in [5.74, 6) is -0.845. The molecular weight excluding hydrogens is 378 g/mol. The van der Waals surface area contributed by atoms with E-state index in [-0.39, 0.29) is 17.7 Å². The van der Waals surface area contributed by atoms with Crippen molar-refractivity contribution in [1.29, 1.82) is 0 Å². The molecule has 6 heteroatoms. The standard InChI is InChI=1S/C24H29N3O3/c1-5-24(19-9-7-6-8-10-19)21(29)27(22(30)25-24)26-20(28)16-13-17-11-14-18(15-12-17)23(2,3)4/h6-12,14-15H,5,13,16H2,1-4H3,(H,25,30)(H,26,28)/t24-/m1/s1. The summed E-state index contributed by atoms with van der Waals surface area (Å²) in [6.45, 7) is 8.29. The van der Waals surface area contributed by atoms with Gasteiger partial charge < -0.3 is 5.32 Å². The average molecular weight is 408 g/mol. The fourth-order valence-corrected chi connectivity index (χ4v) is 3.65. The molecule has 2 N–H and O–H groups in total. The predicted molar refractivity (Wildman–Crippen MR) is 115 cm³/mol. The first-order chi connectivity index (χ1) is 14.2. The first-order valence-electron chi connectivity index (χ1n) is 10.3. The summed E-state index contributed by atoms with van der Waals surface area (Å²) < 4.78 is 0. The van der Waals surface area contributed by atoms with Crippen LogP contribution in [0.4, 0.5) is 4.79 Å². The minimum Gasteiger partial charge on any atom is -0.318 e. The molecule has 0 saturated carbocycles. The highest BCUT2D eigenvalue weighted by Gasteiger charge is 2.52. The summed E-state index contributed by atoms with van der Waals surface area (Å²) in [5.41, 5.74) is 4.35. The van der Waals surface area contributed by atoms with Gasteiger partial charge in [-0.25, -0.2) is 4.79 Å². The number of urea groups is 1. The molecule has 30 heavy (non-hydrogen) atoms. The van der Waals surface area contributed by atoms with E-state index in [2.05, 4.69) is 43.6 Å². The van der Waals surface area contributed by atoms with Gasteiger partial charge in [-0.15, -0.1) is 0 Å². The fourth-order valence-electron chi connectivity index (χ4n) is 3.65. The van der Waals surface area contributed by atoms with E-state index < -0.39 is 17.5 Å².